The molecule has 0 bridgehead atoms. The molecule has 0 aromatic carbocycles. The summed E-state index contributed by atoms with van der Waals surface area (Å²) in [6.07, 6.45) is 3.37. The van der Waals surface area contributed by atoms with Gasteiger partial charge in [0.15, 0.2) is 0 Å². The molecule has 0 spiro atoms. The van der Waals surface area contributed by atoms with Crippen molar-refractivity contribution in [1.82, 2.24) is 4.98 Å². The predicted octanol–water partition coefficient (Wildman–Crippen LogP) is 2.05. The van der Waals surface area contributed by atoms with Gasteiger partial charge in [0.1, 0.15) is 5.15 Å². The summed E-state index contributed by atoms with van der Waals surface area (Å²) in [7, 11) is 0. The Kier molecular flexibility index (Phi) is 3.26. The highest BCUT2D eigenvalue weighted by atomic mass is 35.5. The van der Waals surface area contributed by atoms with Gasteiger partial charge in [-0.1, -0.05) is 29.8 Å². The van der Waals surface area contributed by atoms with Gasteiger partial charge in [-0.15, -0.1) is 0 Å². The minimum absolute atomic E-state index is 0.0181. The highest BCUT2D eigenvalue weighted by molar-refractivity contribution is 6.30. The predicted molar refractivity (Wildman–Crippen MR) is 50.1 cm³/mol. The number of aliphatic hydroxyl groups excluding tert-OH is 1. The number of nitrogens with zero attached hydrogens (tertiary/aromatic N) is 1. The Labute approximate surface area is 76.5 Å². The quantitative estimate of drug-likeness (QED) is 0.712. The van der Waals surface area contributed by atoms with Gasteiger partial charge in [-0.25, -0.2) is 4.98 Å². The van der Waals surface area contributed by atoms with Crippen molar-refractivity contribution in [3.63, 3.8) is 0 Å². The van der Waals surface area contributed by atoms with Crippen LogP contribution >= 0.6 is 11.6 Å². The molecular weight excluding hydrogens is 174 g/mol. The van der Waals surface area contributed by atoms with Gasteiger partial charge in [0.25, 0.3) is 0 Å². The Morgan fingerprint density at radius 3 is 2.92 bits per heavy atom. The van der Waals surface area contributed by atoms with E-state index in [2.05, 4.69) is 4.98 Å². The van der Waals surface area contributed by atoms with Gasteiger partial charge in [0.2, 0.25) is 0 Å². The van der Waals surface area contributed by atoms with Crippen LogP contribution in [0.2, 0.25) is 5.15 Å². The Morgan fingerprint density at radius 2 is 2.33 bits per heavy atom. The second-order valence-electron chi connectivity index (χ2n) is 2.42. The number of hydrogen-bond acceptors (Lipinski definition) is 2. The third kappa shape index (κ3) is 2.32. The van der Waals surface area contributed by atoms with Crippen molar-refractivity contribution in [2.45, 2.75) is 6.92 Å². The fraction of sp³-hybridized carbons (Fsp3) is 0.222. The molecule has 0 radical (unpaired) electrons. The van der Waals surface area contributed by atoms with E-state index in [0.717, 1.165) is 11.3 Å². The molecule has 12 heavy (non-hydrogen) atoms. The van der Waals surface area contributed by atoms with Gasteiger partial charge in [-0.05, 0) is 13.0 Å². The second kappa shape index (κ2) is 4.24. The molecule has 0 fully saturated rings. The van der Waals surface area contributed by atoms with Crippen molar-refractivity contribution in [2.75, 3.05) is 6.61 Å². The first-order valence-electron chi connectivity index (χ1n) is 3.64. The number of aromatic nitrogens is 1. The van der Waals surface area contributed by atoms with Gasteiger partial charge in [0.05, 0.1) is 6.61 Å². The molecule has 1 N–H and O–H groups in total. The molecule has 0 amide bonds. The fourth-order valence-corrected chi connectivity index (χ4v) is 1.10. The fourth-order valence-electron chi connectivity index (χ4n) is 0.840. The first kappa shape index (κ1) is 9.23. The van der Waals surface area contributed by atoms with Crippen molar-refractivity contribution in [1.29, 1.82) is 0 Å². The van der Waals surface area contributed by atoms with E-state index < -0.39 is 0 Å². The molecule has 2 nitrogen and oxygen atoms in total. The van der Waals surface area contributed by atoms with Crippen LogP contribution in [0, 0.1) is 6.92 Å². The molecule has 0 saturated carbocycles. The van der Waals surface area contributed by atoms with E-state index in [1.807, 2.05) is 19.1 Å². The minimum Gasteiger partial charge on any atom is -0.392 e. The maximum absolute atomic E-state index is 8.52. The average Bonchev–Trinajstić information content (AvgIpc) is 2.03. The Morgan fingerprint density at radius 1 is 1.58 bits per heavy atom. The molecular formula is C9H10ClNO. The molecule has 0 saturated heterocycles. The SMILES string of the molecule is Cc1ccc(C=CCO)c(Cl)n1. The summed E-state index contributed by atoms with van der Waals surface area (Å²) >= 11 is 5.82. The maximum Gasteiger partial charge on any atom is 0.136 e. The van der Waals surface area contributed by atoms with Crippen LogP contribution in [0.1, 0.15) is 11.3 Å². The van der Waals surface area contributed by atoms with Crippen molar-refractivity contribution < 1.29 is 5.11 Å². The zero-order chi connectivity index (χ0) is 8.97. The molecule has 0 unspecified atom stereocenters. The lowest BCUT2D eigenvalue weighted by atomic mass is 10.2. The van der Waals surface area contributed by atoms with Gasteiger partial charge in [0, 0.05) is 11.3 Å². The van der Waals surface area contributed by atoms with Crippen LogP contribution in [0.4, 0.5) is 0 Å². The topological polar surface area (TPSA) is 33.1 Å². The summed E-state index contributed by atoms with van der Waals surface area (Å²) in [5, 5.41) is 8.99. The van der Waals surface area contributed by atoms with Gasteiger partial charge in [-0.2, -0.15) is 0 Å². The zero-order valence-corrected chi connectivity index (χ0v) is 7.54. The largest absolute Gasteiger partial charge is 0.392 e. The first-order chi connectivity index (χ1) is 5.74. The third-order valence-electron chi connectivity index (χ3n) is 1.42. The van der Waals surface area contributed by atoms with Crippen LogP contribution in [0.15, 0.2) is 18.2 Å². The molecule has 0 aliphatic rings. The smallest absolute Gasteiger partial charge is 0.136 e. The molecule has 1 aromatic heterocycles. The van der Waals surface area contributed by atoms with Gasteiger partial charge < -0.3 is 5.11 Å². The van der Waals surface area contributed by atoms with Gasteiger partial charge >= 0.3 is 0 Å². The van der Waals surface area contributed by atoms with Crippen LogP contribution < -0.4 is 0 Å². The monoisotopic (exact) mass is 183 g/mol. The molecule has 0 aliphatic carbocycles. The van der Waals surface area contributed by atoms with E-state index in [1.54, 1.807) is 12.2 Å². The van der Waals surface area contributed by atoms with Crippen LogP contribution in [-0.4, -0.2) is 16.7 Å². The molecule has 1 aromatic rings. The van der Waals surface area contributed by atoms with E-state index in [1.165, 1.54) is 0 Å². The normalized spacial score (nSPS) is 10.9. The third-order valence-corrected chi connectivity index (χ3v) is 1.72. The summed E-state index contributed by atoms with van der Waals surface area (Å²) in [5.74, 6) is 0. The van der Waals surface area contributed by atoms with E-state index in [4.69, 9.17) is 16.7 Å². The summed E-state index contributed by atoms with van der Waals surface area (Å²) < 4.78 is 0. The standard InChI is InChI=1S/C9H10ClNO/c1-7-4-5-8(3-2-6-12)9(10)11-7/h2-5,12H,6H2,1H3. The number of rotatable bonds is 2. The van der Waals surface area contributed by atoms with Crippen molar-refractivity contribution in [2.24, 2.45) is 0 Å². The molecule has 1 heterocycles. The maximum atomic E-state index is 8.52. The summed E-state index contributed by atoms with van der Waals surface area (Å²) in [4.78, 5) is 4.06. The Balaban J connectivity index is 2.94. The molecule has 64 valence electrons. The summed E-state index contributed by atoms with van der Waals surface area (Å²) in [6, 6.07) is 3.75. The van der Waals surface area contributed by atoms with Crippen LogP contribution in [0.5, 0.6) is 0 Å². The Bertz CT molecular complexity index is 297. The number of aryl methyl sites for hydroxylation is 1. The molecule has 0 atom stereocenters. The molecule has 0 aliphatic heterocycles. The average molecular weight is 184 g/mol. The van der Waals surface area contributed by atoms with E-state index >= 15 is 0 Å². The van der Waals surface area contributed by atoms with Crippen LogP contribution in [0.25, 0.3) is 6.08 Å². The molecule has 1 rings (SSSR count). The summed E-state index contributed by atoms with van der Waals surface area (Å²) in [6.45, 7) is 1.90. The Hall–Kier alpha value is -0.860. The van der Waals surface area contributed by atoms with E-state index in [9.17, 15) is 0 Å². The van der Waals surface area contributed by atoms with Crippen molar-refractivity contribution in [3.05, 3.63) is 34.6 Å². The van der Waals surface area contributed by atoms with Crippen molar-refractivity contribution in [3.8, 4) is 0 Å². The van der Waals surface area contributed by atoms with E-state index in [0.29, 0.717) is 5.15 Å². The van der Waals surface area contributed by atoms with Crippen LogP contribution in [0.3, 0.4) is 0 Å². The van der Waals surface area contributed by atoms with Gasteiger partial charge in [-0.3, -0.25) is 0 Å². The minimum atomic E-state index is 0.0181. The van der Waals surface area contributed by atoms with Crippen LogP contribution in [-0.2, 0) is 0 Å². The number of pyridine rings is 1. The highest BCUT2D eigenvalue weighted by Gasteiger charge is 1.96. The van der Waals surface area contributed by atoms with E-state index in [-0.39, 0.29) is 6.61 Å². The number of halogens is 1. The lowest BCUT2D eigenvalue weighted by molar-refractivity contribution is 0.343. The lowest BCUT2D eigenvalue weighted by Crippen LogP contribution is -1.84. The highest BCUT2D eigenvalue weighted by Crippen LogP contribution is 2.14. The lowest BCUT2D eigenvalue weighted by Gasteiger charge is -1.97. The number of aliphatic hydroxyl groups is 1. The molecule has 3 heteroatoms. The number of hydrogen-bond donors (Lipinski definition) is 1. The first-order valence-corrected chi connectivity index (χ1v) is 4.02. The zero-order valence-electron chi connectivity index (χ0n) is 6.79. The second-order valence-corrected chi connectivity index (χ2v) is 2.78. The summed E-state index contributed by atoms with van der Waals surface area (Å²) in [5.41, 5.74) is 1.72. The van der Waals surface area contributed by atoms with Crippen molar-refractivity contribution >= 4 is 17.7 Å².